The molecule has 0 heterocycles. The van der Waals surface area contributed by atoms with Crippen molar-refractivity contribution in [3.8, 4) is 0 Å². The molecule has 0 radical (unpaired) electrons. The van der Waals surface area contributed by atoms with Gasteiger partial charge >= 0.3 is 0 Å². The number of rotatable bonds is 5. The van der Waals surface area contributed by atoms with Crippen LogP contribution < -0.4 is 16.2 Å². The van der Waals surface area contributed by atoms with E-state index in [4.69, 9.17) is 5.84 Å². The first kappa shape index (κ1) is 12.0. The summed E-state index contributed by atoms with van der Waals surface area (Å²) in [6.45, 7) is 2.17. The molecule has 0 aliphatic heterocycles. The van der Waals surface area contributed by atoms with E-state index < -0.39 is 0 Å². The van der Waals surface area contributed by atoms with Gasteiger partial charge in [0.25, 0.3) is 0 Å². The fraction of sp³-hybridized carbons (Fsp3) is 0.500. The van der Waals surface area contributed by atoms with Gasteiger partial charge in [-0.15, -0.1) is 0 Å². The van der Waals surface area contributed by atoms with Crippen LogP contribution in [0.5, 0.6) is 0 Å². The predicted octanol–water partition coefficient (Wildman–Crippen LogP) is 2.06. The van der Waals surface area contributed by atoms with E-state index in [1.54, 1.807) is 0 Å². The van der Waals surface area contributed by atoms with Crippen molar-refractivity contribution < 1.29 is 0 Å². The van der Waals surface area contributed by atoms with E-state index in [0.29, 0.717) is 0 Å². The van der Waals surface area contributed by atoms with Gasteiger partial charge in [0, 0.05) is 25.8 Å². The molecule has 3 heteroatoms. The minimum atomic E-state index is 0.270. The van der Waals surface area contributed by atoms with Crippen molar-refractivity contribution in [3.63, 3.8) is 0 Å². The molecule has 3 nitrogen and oxygen atoms in total. The minimum absolute atomic E-state index is 0.270. The van der Waals surface area contributed by atoms with Crippen molar-refractivity contribution in [2.75, 3.05) is 19.0 Å². The summed E-state index contributed by atoms with van der Waals surface area (Å²) >= 11 is 0. The maximum atomic E-state index is 5.53. The SMILES string of the molecule is CCCC(NN)c1ccc(N(C)C)cc1. The number of nitrogens with two attached hydrogens (primary N) is 1. The van der Waals surface area contributed by atoms with Crippen molar-refractivity contribution in [2.45, 2.75) is 25.8 Å². The van der Waals surface area contributed by atoms with Crippen LogP contribution in [0, 0.1) is 0 Å². The van der Waals surface area contributed by atoms with Crippen LogP contribution in [0.15, 0.2) is 24.3 Å². The average molecular weight is 207 g/mol. The van der Waals surface area contributed by atoms with Crippen LogP contribution >= 0.6 is 0 Å². The van der Waals surface area contributed by atoms with Crippen LogP contribution in [0.3, 0.4) is 0 Å². The van der Waals surface area contributed by atoms with Crippen LogP contribution in [0.25, 0.3) is 0 Å². The van der Waals surface area contributed by atoms with E-state index in [1.165, 1.54) is 11.3 Å². The van der Waals surface area contributed by atoms with Crippen molar-refractivity contribution in [2.24, 2.45) is 5.84 Å². The van der Waals surface area contributed by atoms with Crippen LogP contribution in [-0.4, -0.2) is 14.1 Å². The molecule has 1 rings (SSSR count). The van der Waals surface area contributed by atoms with Gasteiger partial charge in [0.05, 0.1) is 0 Å². The summed E-state index contributed by atoms with van der Waals surface area (Å²) in [5, 5.41) is 0. The molecule has 0 aromatic heterocycles. The highest BCUT2D eigenvalue weighted by Crippen LogP contribution is 2.20. The minimum Gasteiger partial charge on any atom is -0.378 e. The highest BCUT2D eigenvalue weighted by atomic mass is 15.2. The summed E-state index contributed by atoms with van der Waals surface area (Å²) in [6.07, 6.45) is 2.20. The maximum absolute atomic E-state index is 5.53. The fourth-order valence-electron chi connectivity index (χ4n) is 1.64. The zero-order chi connectivity index (χ0) is 11.3. The first-order valence-electron chi connectivity index (χ1n) is 5.42. The Balaban J connectivity index is 2.77. The fourth-order valence-corrected chi connectivity index (χ4v) is 1.64. The molecular weight excluding hydrogens is 186 g/mol. The van der Waals surface area contributed by atoms with E-state index in [-0.39, 0.29) is 6.04 Å². The Labute approximate surface area is 92.2 Å². The van der Waals surface area contributed by atoms with Gasteiger partial charge in [-0.05, 0) is 24.1 Å². The van der Waals surface area contributed by atoms with Crippen LogP contribution in [-0.2, 0) is 0 Å². The predicted molar refractivity (Wildman–Crippen MR) is 65.7 cm³/mol. The zero-order valence-electron chi connectivity index (χ0n) is 9.83. The lowest BCUT2D eigenvalue weighted by atomic mass is 10.0. The number of nitrogens with zero attached hydrogens (tertiary/aromatic N) is 1. The summed E-state index contributed by atoms with van der Waals surface area (Å²) in [5.41, 5.74) is 5.32. The van der Waals surface area contributed by atoms with E-state index in [9.17, 15) is 0 Å². The zero-order valence-corrected chi connectivity index (χ0v) is 9.83. The molecule has 0 amide bonds. The Morgan fingerprint density at radius 2 is 1.87 bits per heavy atom. The lowest BCUT2D eigenvalue weighted by Gasteiger charge is -2.17. The molecule has 1 aromatic rings. The van der Waals surface area contributed by atoms with Crippen molar-refractivity contribution in [1.29, 1.82) is 0 Å². The number of nitrogens with one attached hydrogen (secondary N) is 1. The molecule has 84 valence electrons. The second-order valence-corrected chi connectivity index (χ2v) is 3.99. The van der Waals surface area contributed by atoms with Crippen LogP contribution in [0.2, 0.25) is 0 Å². The smallest absolute Gasteiger partial charge is 0.0459 e. The Hall–Kier alpha value is -1.06. The summed E-state index contributed by atoms with van der Waals surface area (Å²) in [6, 6.07) is 8.78. The molecular formula is C12H21N3. The second kappa shape index (κ2) is 5.73. The third-order valence-electron chi connectivity index (χ3n) is 2.59. The highest BCUT2D eigenvalue weighted by Gasteiger charge is 2.07. The van der Waals surface area contributed by atoms with E-state index in [0.717, 1.165) is 12.8 Å². The normalized spacial score (nSPS) is 12.5. The number of benzene rings is 1. The maximum Gasteiger partial charge on any atom is 0.0459 e. The van der Waals surface area contributed by atoms with Crippen LogP contribution in [0.1, 0.15) is 31.4 Å². The van der Waals surface area contributed by atoms with Gasteiger partial charge in [-0.3, -0.25) is 11.3 Å². The molecule has 3 N–H and O–H groups in total. The van der Waals surface area contributed by atoms with Gasteiger partial charge in [0.2, 0.25) is 0 Å². The van der Waals surface area contributed by atoms with Gasteiger partial charge in [0.15, 0.2) is 0 Å². The monoisotopic (exact) mass is 207 g/mol. The summed E-state index contributed by atoms with van der Waals surface area (Å²) in [7, 11) is 4.08. The lowest BCUT2D eigenvalue weighted by Crippen LogP contribution is -2.27. The molecule has 0 fully saturated rings. The first-order chi connectivity index (χ1) is 7.19. The van der Waals surface area contributed by atoms with Gasteiger partial charge in [-0.1, -0.05) is 25.5 Å². The summed E-state index contributed by atoms with van der Waals surface area (Å²) in [4.78, 5) is 2.09. The van der Waals surface area contributed by atoms with E-state index >= 15 is 0 Å². The third kappa shape index (κ3) is 3.22. The average Bonchev–Trinajstić information content (AvgIpc) is 2.26. The Kier molecular flexibility index (Phi) is 4.59. The number of hydrazine groups is 1. The molecule has 1 atom stereocenters. The topological polar surface area (TPSA) is 41.3 Å². The summed E-state index contributed by atoms with van der Waals surface area (Å²) < 4.78 is 0. The first-order valence-corrected chi connectivity index (χ1v) is 5.42. The lowest BCUT2D eigenvalue weighted by molar-refractivity contribution is 0.510. The molecule has 0 aliphatic carbocycles. The highest BCUT2D eigenvalue weighted by molar-refractivity contribution is 5.46. The molecule has 0 spiro atoms. The molecule has 1 unspecified atom stereocenters. The quantitative estimate of drug-likeness (QED) is 0.573. The van der Waals surface area contributed by atoms with Gasteiger partial charge in [-0.2, -0.15) is 0 Å². The van der Waals surface area contributed by atoms with Gasteiger partial charge < -0.3 is 4.90 Å². The third-order valence-corrected chi connectivity index (χ3v) is 2.59. The molecule has 1 aromatic carbocycles. The molecule has 0 saturated heterocycles. The standard InChI is InChI=1S/C12H21N3/c1-4-5-12(14-13)10-6-8-11(9-7-10)15(2)3/h6-9,12,14H,4-5,13H2,1-3H3. The van der Waals surface area contributed by atoms with E-state index in [1.807, 2.05) is 14.1 Å². The largest absolute Gasteiger partial charge is 0.378 e. The van der Waals surface area contributed by atoms with E-state index in [2.05, 4.69) is 41.5 Å². The Morgan fingerprint density at radius 1 is 1.27 bits per heavy atom. The molecule has 0 aliphatic rings. The Morgan fingerprint density at radius 3 is 2.27 bits per heavy atom. The summed E-state index contributed by atoms with van der Waals surface area (Å²) in [5.74, 6) is 5.53. The van der Waals surface area contributed by atoms with Crippen LogP contribution in [0.4, 0.5) is 5.69 Å². The van der Waals surface area contributed by atoms with Crippen molar-refractivity contribution in [1.82, 2.24) is 5.43 Å². The second-order valence-electron chi connectivity index (χ2n) is 3.99. The molecule has 0 saturated carbocycles. The molecule has 0 bridgehead atoms. The Bertz CT molecular complexity index is 279. The van der Waals surface area contributed by atoms with Crippen molar-refractivity contribution >= 4 is 5.69 Å². The number of hydrogen-bond donors (Lipinski definition) is 2. The van der Waals surface area contributed by atoms with Gasteiger partial charge in [0.1, 0.15) is 0 Å². The van der Waals surface area contributed by atoms with Crippen molar-refractivity contribution in [3.05, 3.63) is 29.8 Å². The molecule has 15 heavy (non-hydrogen) atoms. The number of hydrogen-bond acceptors (Lipinski definition) is 3. The van der Waals surface area contributed by atoms with Gasteiger partial charge in [-0.25, -0.2) is 0 Å². The number of anilines is 1.